The lowest BCUT2D eigenvalue weighted by atomic mass is 10.2. The first-order valence-electron chi connectivity index (χ1n) is 8.33. The van der Waals surface area contributed by atoms with E-state index < -0.39 is 0 Å². The van der Waals surface area contributed by atoms with Gasteiger partial charge in [0.25, 0.3) is 5.91 Å². The number of nitrogens with zero attached hydrogens (tertiary/aromatic N) is 4. The molecule has 0 aromatic carbocycles. The highest BCUT2D eigenvalue weighted by atomic mass is 16.2. The molecule has 2 heterocycles. The average Bonchev–Trinajstić information content (AvgIpc) is 2.55. The Morgan fingerprint density at radius 3 is 2.36 bits per heavy atom. The van der Waals surface area contributed by atoms with Gasteiger partial charge in [0, 0.05) is 45.5 Å². The van der Waals surface area contributed by atoms with Crippen molar-refractivity contribution in [1.29, 1.82) is 0 Å². The Hall–Kier alpha value is -1.62. The van der Waals surface area contributed by atoms with E-state index in [1.807, 2.05) is 17.2 Å². The second kappa shape index (κ2) is 8.13. The molecule has 1 aliphatic rings. The number of hydrogen-bond donors (Lipinski definition) is 0. The number of pyridine rings is 1. The summed E-state index contributed by atoms with van der Waals surface area (Å²) < 4.78 is 0. The second-order valence-corrected chi connectivity index (χ2v) is 6.01. The van der Waals surface area contributed by atoms with Crippen molar-refractivity contribution < 1.29 is 4.79 Å². The summed E-state index contributed by atoms with van der Waals surface area (Å²) in [6.45, 7) is 9.92. The van der Waals surface area contributed by atoms with Gasteiger partial charge >= 0.3 is 0 Å². The monoisotopic (exact) mass is 304 g/mol. The molecule has 5 nitrogen and oxygen atoms in total. The SMILES string of the molecule is CCCN(CCC)C(=O)c1cncc(N2CCN(C)CC2)c1. The highest BCUT2D eigenvalue weighted by Gasteiger charge is 2.18. The van der Waals surface area contributed by atoms with E-state index in [-0.39, 0.29) is 5.91 Å². The summed E-state index contributed by atoms with van der Waals surface area (Å²) in [6, 6.07) is 2.00. The van der Waals surface area contributed by atoms with Gasteiger partial charge in [0.05, 0.1) is 17.4 Å². The molecule has 0 unspecified atom stereocenters. The Morgan fingerprint density at radius 2 is 1.77 bits per heavy atom. The molecular formula is C17H28N4O. The summed E-state index contributed by atoms with van der Waals surface area (Å²) in [4.78, 5) is 23.5. The lowest BCUT2D eigenvalue weighted by Crippen LogP contribution is -2.44. The molecule has 1 fully saturated rings. The minimum Gasteiger partial charge on any atom is -0.368 e. The number of rotatable bonds is 6. The predicted octanol–water partition coefficient (Wildman–Crippen LogP) is 2.10. The number of hydrogen-bond acceptors (Lipinski definition) is 4. The highest BCUT2D eigenvalue weighted by molar-refractivity contribution is 5.94. The third-order valence-corrected chi connectivity index (χ3v) is 4.11. The molecule has 2 rings (SSSR count). The van der Waals surface area contributed by atoms with Crippen molar-refractivity contribution >= 4 is 11.6 Å². The Morgan fingerprint density at radius 1 is 1.14 bits per heavy atom. The van der Waals surface area contributed by atoms with Gasteiger partial charge in [0.2, 0.25) is 0 Å². The van der Waals surface area contributed by atoms with Crippen molar-refractivity contribution in [3.8, 4) is 0 Å². The van der Waals surface area contributed by atoms with Crippen LogP contribution in [0.1, 0.15) is 37.0 Å². The quantitative estimate of drug-likeness (QED) is 0.807. The van der Waals surface area contributed by atoms with Crippen molar-refractivity contribution in [3.05, 3.63) is 24.0 Å². The topological polar surface area (TPSA) is 39.7 Å². The van der Waals surface area contributed by atoms with E-state index in [0.29, 0.717) is 5.56 Å². The zero-order valence-electron chi connectivity index (χ0n) is 14.1. The van der Waals surface area contributed by atoms with E-state index in [4.69, 9.17) is 0 Å². The maximum Gasteiger partial charge on any atom is 0.255 e. The largest absolute Gasteiger partial charge is 0.368 e. The van der Waals surface area contributed by atoms with Crippen LogP contribution in [-0.4, -0.2) is 67.0 Å². The fourth-order valence-corrected chi connectivity index (χ4v) is 2.82. The van der Waals surface area contributed by atoms with Crippen molar-refractivity contribution in [3.63, 3.8) is 0 Å². The molecule has 1 amide bonds. The summed E-state index contributed by atoms with van der Waals surface area (Å²) in [5.41, 5.74) is 1.77. The van der Waals surface area contributed by atoms with E-state index >= 15 is 0 Å². The van der Waals surface area contributed by atoms with Crippen LogP contribution in [0.25, 0.3) is 0 Å². The predicted molar refractivity (Wildman–Crippen MR) is 90.4 cm³/mol. The average molecular weight is 304 g/mol. The molecule has 1 aromatic rings. The number of piperazine rings is 1. The molecule has 1 aromatic heterocycles. The van der Waals surface area contributed by atoms with E-state index in [0.717, 1.165) is 57.8 Å². The Kier molecular flexibility index (Phi) is 6.19. The number of likely N-dealkylation sites (N-methyl/N-ethyl adjacent to an activating group) is 1. The normalized spacial score (nSPS) is 15.9. The molecule has 0 saturated carbocycles. The van der Waals surface area contributed by atoms with Gasteiger partial charge in [-0.15, -0.1) is 0 Å². The van der Waals surface area contributed by atoms with Crippen LogP contribution >= 0.6 is 0 Å². The lowest BCUT2D eigenvalue weighted by Gasteiger charge is -2.34. The summed E-state index contributed by atoms with van der Waals surface area (Å²) in [5, 5.41) is 0. The molecule has 22 heavy (non-hydrogen) atoms. The first-order valence-corrected chi connectivity index (χ1v) is 8.33. The van der Waals surface area contributed by atoms with Crippen LogP contribution in [0.3, 0.4) is 0 Å². The maximum absolute atomic E-state index is 12.7. The van der Waals surface area contributed by atoms with Crippen LogP contribution in [0.4, 0.5) is 5.69 Å². The van der Waals surface area contributed by atoms with Crippen LogP contribution in [-0.2, 0) is 0 Å². The van der Waals surface area contributed by atoms with Gasteiger partial charge in [-0.05, 0) is 26.0 Å². The number of anilines is 1. The molecule has 5 heteroatoms. The van der Waals surface area contributed by atoms with Crippen LogP contribution < -0.4 is 4.90 Å². The number of carbonyl (C=O) groups excluding carboxylic acids is 1. The zero-order chi connectivity index (χ0) is 15.9. The Balaban J connectivity index is 2.11. The van der Waals surface area contributed by atoms with Gasteiger partial charge in [-0.3, -0.25) is 9.78 Å². The fraction of sp³-hybridized carbons (Fsp3) is 0.647. The fourth-order valence-electron chi connectivity index (χ4n) is 2.82. The van der Waals surface area contributed by atoms with E-state index in [1.165, 1.54) is 0 Å². The van der Waals surface area contributed by atoms with Gasteiger partial charge in [-0.25, -0.2) is 0 Å². The molecule has 0 radical (unpaired) electrons. The first-order chi connectivity index (χ1) is 10.7. The highest BCUT2D eigenvalue weighted by Crippen LogP contribution is 2.17. The van der Waals surface area contributed by atoms with Gasteiger partial charge in [-0.1, -0.05) is 13.8 Å². The zero-order valence-corrected chi connectivity index (χ0v) is 14.1. The van der Waals surface area contributed by atoms with Gasteiger partial charge in [0.1, 0.15) is 0 Å². The van der Waals surface area contributed by atoms with Crippen LogP contribution in [0.5, 0.6) is 0 Å². The number of carbonyl (C=O) groups is 1. The minimum absolute atomic E-state index is 0.104. The third kappa shape index (κ3) is 4.19. The third-order valence-electron chi connectivity index (χ3n) is 4.11. The Labute approximate surface area is 133 Å². The van der Waals surface area contributed by atoms with Crippen LogP contribution in [0.15, 0.2) is 18.5 Å². The molecule has 0 N–H and O–H groups in total. The minimum atomic E-state index is 0.104. The smallest absolute Gasteiger partial charge is 0.255 e. The molecule has 1 saturated heterocycles. The number of aromatic nitrogens is 1. The second-order valence-electron chi connectivity index (χ2n) is 6.01. The summed E-state index contributed by atoms with van der Waals surface area (Å²) in [6.07, 6.45) is 5.53. The molecule has 0 aliphatic carbocycles. The van der Waals surface area contributed by atoms with Gasteiger partial charge in [0.15, 0.2) is 0 Å². The molecule has 0 bridgehead atoms. The first kappa shape index (κ1) is 16.7. The maximum atomic E-state index is 12.7. The standard InChI is InChI=1S/C17H28N4O/c1-4-6-21(7-5-2)17(22)15-12-16(14-18-13-15)20-10-8-19(3)9-11-20/h12-14H,4-11H2,1-3H3. The molecule has 1 aliphatic heterocycles. The van der Waals surface area contributed by atoms with Crippen LogP contribution in [0, 0.1) is 0 Å². The summed E-state index contributed by atoms with van der Waals surface area (Å²) in [7, 11) is 2.14. The Bertz CT molecular complexity index is 477. The molecule has 122 valence electrons. The molecule has 0 spiro atoms. The van der Waals surface area contributed by atoms with E-state index in [9.17, 15) is 4.79 Å². The van der Waals surface area contributed by atoms with E-state index in [1.54, 1.807) is 6.20 Å². The van der Waals surface area contributed by atoms with Crippen molar-refractivity contribution in [1.82, 2.24) is 14.8 Å². The van der Waals surface area contributed by atoms with Crippen LogP contribution in [0.2, 0.25) is 0 Å². The van der Waals surface area contributed by atoms with Gasteiger partial charge in [-0.2, -0.15) is 0 Å². The van der Waals surface area contributed by atoms with Crippen molar-refractivity contribution in [2.75, 3.05) is 51.2 Å². The van der Waals surface area contributed by atoms with Crippen molar-refractivity contribution in [2.24, 2.45) is 0 Å². The number of amides is 1. The summed E-state index contributed by atoms with van der Waals surface area (Å²) >= 11 is 0. The summed E-state index contributed by atoms with van der Waals surface area (Å²) in [5.74, 6) is 0.104. The van der Waals surface area contributed by atoms with Gasteiger partial charge < -0.3 is 14.7 Å². The van der Waals surface area contributed by atoms with E-state index in [2.05, 4.69) is 35.7 Å². The molecule has 0 atom stereocenters. The molecular weight excluding hydrogens is 276 g/mol. The lowest BCUT2D eigenvalue weighted by molar-refractivity contribution is 0.0755. The van der Waals surface area contributed by atoms with Crippen molar-refractivity contribution in [2.45, 2.75) is 26.7 Å².